The summed E-state index contributed by atoms with van der Waals surface area (Å²) in [7, 11) is 0. The molecule has 0 atom stereocenters. The summed E-state index contributed by atoms with van der Waals surface area (Å²) in [5.74, 6) is 0.932. The molecule has 3 aromatic rings. The molecule has 9 nitrogen and oxygen atoms in total. The molecule has 2 N–H and O–H groups in total. The number of nitrogens with one attached hydrogen (secondary N) is 2. The van der Waals surface area contributed by atoms with E-state index in [1.54, 1.807) is 6.33 Å². The molecular formula is C25H35BrN8O. The quantitative estimate of drug-likeness (QED) is 0.422. The number of likely N-dealkylation sites (tertiary alicyclic amines) is 1. The highest BCUT2D eigenvalue weighted by molar-refractivity contribution is 9.10. The van der Waals surface area contributed by atoms with Crippen LogP contribution >= 0.6 is 15.9 Å². The first-order valence-electron chi connectivity index (χ1n) is 12.7. The molecule has 5 rings (SSSR count). The van der Waals surface area contributed by atoms with Crippen LogP contribution in [0.2, 0.25) is 0 Å². The van der Waals surface area contributed by atoms with E-state index in [1.807, 2.05) is 6.92 Å². The third-order valence-corrected chi connectivity index (χ3v) is 7.64. The number of benzene rings is 1. The number of ether oxygens (including phenoxy) is 1. The number of rotatable bonds is 9. The Labute approximate surface area is 215 Å². The number of fused-ring (bicyclic) bond motifs is 1. The lowest BCUT2D eigenvalue weighted by molar-refractivity contribution is 0.134. The van der Waals surface area contributed by atoms with Crippen LogP contribution in [0.25, 0.3) is 11.0 Å². The number of hydrogen-bond donors (Lipinski definition) is 2. The smallest absolute Gasteiger partial charge is 0.161 e. The maximum atomic E-state index is 5.77. The first-order chi connectivity index (χ1) is 17.1. The van der Waals surface area contributed by atoms with Crippen molar-refractivity contribution in [2.45, 2.75) is 33.3 Å². The largest absolute Gasteiger partial charge is 0.383 e. The molecule has 2 aliphatic heterocycles. The third-order valence-electron chi connectivity index (χ3n) is 7.07. The van der Waals surface area contributed by atoms with E-state index in [0.717, 1.165) is 67.3 Å². The molecule has 2 aromatic heterocycles. The molecule has 0 aliphatic carbocycles. The van der Waals surface area contributed by atoms with Gasteiger partial charge in [0.25, 0.3) is 0 Å². The number of H-pyrrole nitrogens is 1. The van der Waals surface area contributed by atoms with Crippen molar-refractivity contribution in [3.8, 4) is 0 Å². The van der Waals surface area contributed by atoms with Crippen LogP contribution in [0.5, 0.6) is 0 Å². The zero-order valence-electron chi connectivity index (χ0n) is 20.7. The van der Waals surface area contributed by atoms with Crippen LogP contribution in [-0.2, 0) is 11.3 Å². The minimum Gasteiger partial charge on any atom is -0.383 e. The summed E-state index contributed by atoms with van der Waals surface area (Å²) in [5, 5.41) is 11.9. The lowest BCUT2D eigenvalue weighted by Gasteiger charge is -2.38. The van der Waals surface area contributed by atoms with E-state index in [9.17, 15) is 0 Å². The molecule has 0 saturated carbocycles. The van der Waals surface area contributed by atoms with Crippen molar-refractivity contribution in [1.29, 1.82) is 0 Å². The molecule has 10 heteroatoms. The Morgan fingerprint density at radius 2 is 1.83 bits per heavy atom. The second-order valence-corrected chi connectivity index (χ2v) is 10.1. The Morgan fingerprint density at radius 1 is 1.06 bits per heavy atom. The highest BCUT2D eigenvalue weighted by Gasteiger charge is 2.24. The molecule has 0 amide bonds. The van der Waals surface area contributed by atoms with E-state index >= 15 is 0 Å². The lowest BCUT2D eigenvalue weighted by Crippen LogP contribution is -2.47. The summed E-state index contributed by atoms with van der Waals surface area (Å²) < 4.78 is 6.53. The molecular weight excluding hydrogens is 508 g/mol. The van der Waals surface area contributed by atoms with Gasteiger partial charge in [-0.25, -0.2) is 9.97 Å². The summed E-state index contributed by atoms with van der Waals surface area (Å²) >= 11 is 3.54. The fourth-order valence-corrected chi connectivity index (χ4v) is 5.59. The number of anilines is 3. The zero-order valence-corrected chi connectivity index (χ0v) is 22.3. The van der Waals surface area contributed by atoms with Gasteiger partial charge in [-0.2, -0.15) is 5.10 Å². The zero-order chi connectivity index (χ0) is 24.2. The van der Waals surface area contributed by atoms with Crippen LogP contribution < -0.4 is 15.1 Å². The monoisotopic (exact) mass is 542 g/mol. The van der Waals surface area contributed by atoms with Gasteiger partial charge >= 0.3 is 0 Å². The van der Waals surface area contributed by atoms with Crippen molar-refractivity contribution in [3.63, 3.8) is 0 Å². The van der Waals surface area contributed by atoms with Gasteiger partial charge in [-0.1, -0.05) is 0 Å². The van der Waals surface area contributed by atoms with Gasteiger partial charge in [0.05, 0.1) is 12.0 Å². The number of hydrogen-bond acceptors (Lipinski definition) is 8. The maximum absolute atomic E-state index is 5.77. The van der Waals surface area contributed by atoms with Crippen LogP contribution in [0.3, 0.4) is 0 Å². The normalized spacial score (nSPS) is 17.0. The van der Waals surface area contributed by atoms with Crippen molar-refractivity contribution in [3.05, 3.63) is 34.2 Å². The molecule has 35 heavy (non-hydrogen) atoms. The second-order valence-electron chi connectivity index (χ2n) is 9.31. The molecule has 2 aliphatic rings. The first-order valence-corrected chi connectivity index (χ1v) is 13.4. The van der Waals surface area contributed by atoms with Gasteiger partial charge in [0, 0.05) is 57.3 Å². The average molecular weight is 544 g/mol. The van der Waals surface area contributed by atoms with E-state index in [-0.39, 0.29) is 0 Å². The molecule has 2 fully saturated rings. The van der Waals surface area contributed by atoms with Crippen LogP contribution in [0.15, 0.2) is 23.1 Å². The molecule has 0 unspecified atom stereocenters. The van der Waals surface area contributed by atoms with Crippen LogP contribution in [0, 0.1) is 6.92 Å². The maximum Gasteiger partial charge on any atom is 0.161 e. The Balaban J connectivity index is 1.31. The fraction of sp³-hybridized carbons (Fsp3) is 0.560. The molecule has 2 saturated heterocycles. The van der Waals surface area contributed by atoms with Gasteiger partial charge in [-0.3, -0.25) is 5.10 Å². The van der Waals surface area contributed by atoms with E-state index < -0.39 is 0 Å². The summed E-state index contributed by atoms with van der Waals surface area (Å²) in [6.45, 7) is 13.8. The highest BCUT2D eigenvalue weighted by atomic mass is 79.9. The van der Waals surface area contributed by atoms with Gasteiger partial charge in [-0.15, -0.1) is 0 Å². The number of aromatic amines is 1. The van der Waals surface area contributed by atoms with Gasteiger partial charge in [0.2, 0.25) is 0 Å². The van der Waals surface area contributed by atoms with Crippen molar-refractivity contribution in [2.24, 2.45) is 0 Å². The molecule has 1 aromatic carbocycles. The standard InChI is InChI=1S/C25H35BrN8O/c1-3-35-16-19-14-20(27-6-9-32-7-4-5-8-32)18(2)21(15-19)33-10-12-34(13-11-33)25-22-23(26)30-31-24(22)28-17-29-25/h14-15,17,27H,3-13,16H2,1-2H3,(H,28,29,30,31). The van der Waals surface area contributed by atoms with Gasteiger partial charge in [0.15, 0.2) is 5.65 Å². The third kappa shape index (κ3) is 5.39. The second kappa shape index (κ2) is 11.1. The van der Waals surface area contributed by atoms with Gasteiger partial charge < -0.3 is 24.8 Å². The van der Waals surface area contributed by atoms with Crippen LogP contribution in [-0.4, -0.2) is 84.0 Å². The van der Waals surface area contributed by atoms with Gasteiger partial charge in [-0.05, 0) is 79.0 Å². The van der Waals surface area contributed by atoms with Crippen molar-refractivity contribution in [2.75, 3.05) is 74.1 Å². The lowest BCUT2D eigenvalue weighted by atomic mass is 10.1. The molecule has 4 heterocycles. The predicted octanol–water partition coefficient (Wildman–Crippen LogP) is 3.79. The summed E-state index contributed by atoms with van der Waals surface area (Å²) in [5.41, 5.74) is 5.80. The topological polar surface area (TPSA) is 85.4 Å². The van der Waals surface area contributed by atoms with Crippen molar-refractivity contribution < 1.29 is 4.74 Å². The van der Waals surface area contributed by atoms with Crippen LogP contribution in [0.1, 0.15) is 30.9 Å². The molecule has 0 radical (unpaired) electrons. The number of nitrogens with zero attached hydrogens (tertiary/aromatic N) is 6. The molecule has 188 valence electrons. The van der Waals surface area contributed by atoms with E-state index in [4.69, 9.17) is 4.74 Å². The first kappa shape index (κ1) is 24.3. The van der Waals surface area contributed by atoms with Crippen molar-refractivity contribution >= 4 is 44.2 Å². The summed E-state index contributed by atoms with van der Waals surface area (Å²) in [6, 6.07) is 4.57. The Morgan fingerprint density at radius 3 is 2.60 bits per heavy atom. The Bertz CT molecular complexity index is 1140. The predicted molar refractivity (Wildman–Crippen MR) is 144 cm³/mol. The minimum atomic E-state index is 0.637. The SMILES string of the molecule is CCOCc1cc(NCCN2CCCC2)c(C)c(N2CCN(c3ncnc4[nH]nc(Br)c34)CC2)c1. The highest BCUT2D eigenvalue weighted by Crippen LogP contribution is 2.33. The summed E-state index contributed by atoms with van der Waals surface area (Å²) in [4.78, 5) is 16.3. The average Bonchev–Trinajstić information content (AvgIpc) is 3.54. The van der Waals surface area contributed by atoms with E-state index in [0.29, 0.717) is 6.61 Å². The fourth-order valence-electron chi connectivity index (χ4n) is 5.14. The number of piperazine rings is 1. The number of halogens is 1. The number of aromatic nitrogens is 4. The molecule has 0 bridgehead atoms. The molecule has 0 spiro atoms. The van der Waals surface area contributed by atoms with Gasteiger partial charge in [0.1, 0.15) is 16.7 Å². The van der Waals surface area contributed by atoms with E-state index in [1.165, 1.54) is 48.4 Å². The Kier molecular flexibility index (Phi) is 7.69. The van der Waals surface area contributed by atoms with Crippen LogP contribution in [0.4, 0.5) is 17.2 Å². The van der Waals surface area contributed by atoms with Crippen molar-refractivity contribution in [1.82, 2.24) is 25.1 Å². The summed E-state index contributed by atoms with van der Waals surface area (Å²) in [6.07, 6.45) is 4.27. The van der Waals surface area contributed by atoms with E-state index in [2.05, 4.69) is 75.2 Å². The Hall–Kier alpha value is -2.43. The minimum absolute atomic E-state index is 0.637.